The Balaban J connectivity index is 2.21. The van der Waals surface area contributed by atoms with Crippen molar-refractivity contribution in [1.29, 1.82) is 0 Å². The van der Waals surface area contributed by atoms with E-state index in [1.165, 1.54) is 0 Å². The molecule has 0 aliphatic carbocycles. The van der Waals surface area contributed by atoms with Gasteiger partial charge in [0.25, 0.3) is 0 Å². The minimum absolute atomic E-state index is 0.201. The number of rotatable bonds is 2. The third kappa shape index (κ3) is 2.37. The van der Waals surface area contributed by atoms with Crippen LogP contribution in [0, 0.1) is 5.92 Å². The van der Waals surface area contributed by atoms with Crippen molar-refractivity contribution >= 4 is 40.2 Å². The SMILES string of the molecule is O=C1CC(CS)CN1c1cccc(Br)c1. The van der Waals surface area contributed by atoms with Gasteiger partial charge in [0.05, 0.1) is 0 Å². The molecule has 1 aliphatic rings. The number of carbonyl (C=O) groups excluding carboxylic acids is 1. The molecule has 0 radical (unpaired) electrons. The molecule has 2 nitrogen and oxygen atoms in total. The van der Waals surface area contributed by atoms with Gasteiger partial charge in [0.2, 0.25) is 5.91 Å². The Morgan fingerprint density at radius 3 is 2.93 bits per heavy atom. The summed E-state index contributed by atoms with van der Waals surface area (Å²) in [6.07, 6.45) is 0.621. The van der Waals surface area contributed by atoms with Crippen LogP contribution in [0.5, 0.6) is 0 Å². The van der Waals surface area contributed by atoms with Crippen LogP contribution in [0.15, 0.2) is 28.7 Å². The van der Waals surface area contributed by atoms with Crippen molar-refractivity contribution in [1.82, 2.24) is 0 Å². The number of carbonyl (C=O) groups is 1. The molecule has 0 N–H and O–H groups in total. The van der Waals surface area contributed by atoms with Crippen LogP contribution in [0.1, 0.15) is 6.42 Å². The van der Waals surface area contributed by atoms with Crippen LogP contribution in [0.2, 0.25) is 0 Å². The van der Waals surface area contributed by atoms with Crippen LogP contribution in [0.3, 0.4) is 0 Å². The minimum atomic E-state index is 0.201. The van der Waals surface area contributed by atoms with Crippen LogP contribution in [0.25, 0.3) is 0 Å². The molecule has 2 rings (SSSR count). The fourth-order valence-electron chi connectivity index (χ4n) is 1.80. The normalized spacial score (nSPS) is 21.1. The van der Waals surface area contributed by atoms with E-state index in [0.717, 1.165) is 22.5 Å². The third-order valence-electron chi connectivity index (χ3n) is 2.58. The van der Waals surface area contributed by atoms with E-state index in [1.807, 2.05) is 29.2 Å². The summed E-state index contributed by atoms with van der Waals surface area (Å²) >= 11 is 7.65. The van der Waals surface area contributed by atoms with E-state index in [2.05, 4.69) is 28.6 Å². The Morgan fingerprint density at radius 2 is 2.33 bits per heavy atom. The highest BCUT2D eigenvalue weighted by Crippen LogP contribution is 2.27. The number of halogens is 1. The maximum Gasteiger partial charge on any atom is 0.227 e. The lowest BCUT2D eigenvalue weighted by atomic mass is 10.1. The van der Waals surface area contributed by atoms with E-state index >= 15 is 0 Å². The van der Waals surface area contributed by atoms with Crippen molar-refractivity contribution in [3.8, 4) is 0 Å². The number of thiol groups is 1. The first kappa shape index (κ1) is 11.0. The number of nitrogens with zero attached hydrogens (tertiary/aromatic N) is 1. The molecule has 1 atom stereocenters. The lowest BCUT2D eigenvalue weighted by Crippen LogP contribution is -2.24. The first-order chi connectivity index (χ1) is 7.20. The predicted octanol–water partition coefficient (Wildman–Crippen LogP) is 2.73. The topological polar surface area (TPSA) is 20.3 Å². The van der Waals surface area contributed by atoms with Gasteiger partial charge in [-0.05, 0) is 29.9 Å². The molecule has 1 saturated heterocycles. The van der Waals surface area contributed by atoms with Crippen molar-refractivity contribution in [2.24, 2.45) is 5.92 Å². The lowest BCUT2D eigenvalue weighted by Gasteiger charge is -2.16. The largest absolute Gasteiger partial charge is 0.312 e. The number of benzene rings is 1. The Morgan fingerprint density at radius 1 is 1.53 bits per heavy atom. The number of hydrogen-bond acceptors (Lipinski definition) is 2. The molecule has 1 amide bonds. The zero-order valence-electron chi connectivity index (χ0n) is 8.19. The van der Waals surface area contributed by atoms with Gasteiger partial charge in [-0.1, -0.05) is 22.0 Å². The number of hydrogen-bond donors (Lipinski definition) is 1. The maximum atomic E-state index is 11.7. The molecule has 4 heteroatoms. The Hall–Kier alpha value is -0.480. The van der Waals surface area contributed by atoms with Crippen LogP contribution in [0.4, 0.5) is 5.69 Å². The van der Waals surface area contributed by atoms with Crippen molar-refractivity contribution < 1.29 is 4.79 Å². The van der Waals surface area contributed by atoms with Gasteiger partial charge < -0.3 is 4.90 Å². The van der Waals surface area contributed by atoms with E-state index in [0.29, 0.717) is 12.3 Å². The van der Waals surface area contributed by atoms with Gasteiger partial charge in [-0.3, -0.25) is 4.79 Å². The Bertz CT molecular complexity index is 383. The van der Waals surface area contributed by atoms with Crippen molar-refractivity contribution in [3.63, 3.8) is 0 Å². The average Bonchev–Trinajstić information content (AvgIpc) is 2.60. The molecule has 0 spiro atoms. The maximum absolute atomic E-state index is 11.7. The molecule has 80 valence electrons. The second-order valence-electron chi connectivity index (χ2n) is 3.74. The molecule has 1 unspecified atom stereocenters. The zero-order valence-corrected chi connectivity index (χ0v) is 10.7. The summed E-state index contributed by atoms with van der Waals surface area (Å²) in [7, 11) is 0. The summed E-state index contributed by atoms with van der Waals surface area (Å²) in [6, 6.07) is 7.84. The molecule has 1 aliphatic heterocycles. The van der Waals surface area contributed by atoms with Crippen molar-refractivity contribution in [2.75, 3.05) is 17.2 Å². The van der Waals surface area contributed by atoms with E-state index in [9.17, 15) is 4.79 Å². The standard InChI is InChI=1S/C11H12BrNOS/c12-9-2-1-3-10(5-9)13-6-8(7-15)4-11(13)14/h1-3,5,8,15H,4,6-7H2. The van der Waals surface area contributed by atoms with Gasteiger partial charge in [-0.15, -0.1) is 0 Å². The molecular formula is C11H12BrNOS. The molecule has 1 aromatic rings. The second-order valence-corrected chi connectivity index (χ2v) is 5.02. The third-order valence-corrected chi connectivity index (χ3v) is 3.59. The van der Waals surface area contributed by atoms with Gasteiger partial charge in [0, 0.05) is 23.1 Å². The predicted molar refractivity (Wildman–Crippen MR) is 68.5 cm³/mol. The fourth-order valence-corrected chi connectivity index (χ4v) is 2.43. The molecular weight excluding hydrogens is 274 g/mol. The van der Waals surface area contributed by atoms with E-state index in [-0.39, 0.29) is 5.91 Å². The molecule has 15 heavy (non-hydrogen) atoms. The molecule has 0 saturated carbocycles. The van der Waals surface area contributed by atoms with Gasteiger partial charge in [0.1, 0.15) is 0 Å². The summed E-state index contributed by atoms with van der Waals surface area (Å²) in [5, 5.41) is 0. The molecule has 0 bridgehead atoms. The van der Waals surface area contributed by atoms with Crippen LogP contribution < -0.4 is 4.90 Å². The summed E-state index contributed by atoms with van der Waals surface area (Å²) < 4.78 is 1.00. The Labute approximate surface area is 103 Å². The Kier molecular flexibility index (Phi) is 3.36. The summed E-state index contributed by atoms with van der Waals surface area (Å²) in [6.45, 7) is 0.790. The van der Waals surface area contributed by atoms with E-state index < -0.39 is 0 Å². The van der Waals surface area contributed by atoms with Gasteiger partial charge in [0.15, 0.2) is 0 Å². The first-order valence-corrected chi connectivity index (χ1v) is 6.30. The van der Waals surface area contributed by atoms with Crippen molar-refractivity contribution in [2.45, 2.75) is 6.42 Å². The van der Waals surface area contributed by atoms with Gasteiger partial charge in [-0.25, -0.2) is 0 Å². The highest BCUT2D eigenvalue weighted by molar-refractivity contribution is 9.10. The van der Waals surface area contributed by atoms with Crippen LogP contribution in [-0.4, -0.2) is 18.2 Å². The fraction of sp³-hybridized carbons (Fsp3) is 0.364. The number of anilines is 1. The van der Waals surface area contributed by atoms with Crippen molar-refractivity contribution in [3.05, 3.63) is 28.7 Å². The average molecular weight is 286 g/mol. The summed E-state index contributed by atoms with van der Waals surface area (Å²) in [4.78, 5) is 13.6. The smallest absolute Gasteiger partial charge is 0.227 e. The quantitative estimate of drug-likeness (QED) is 0.829. The summed E-state index contributed by atoms with van der Waals surface area (Å²) in [5.41, 5.74) is 0.971. The minimum Gasteiger partial charge on any atom is -0.312 e. The molecule has 1 aromatic carbocycles. The van der Waals surface area contributed by atoms with Crippen LogP contribution >= 0.6 is 28.6 Å². The van der Waals surface area contributed by atoms with Gasteiger partial charge in [-0.2, -0.15) is 12.6 Å². The molecule has 1 fully saturated rings. The lowest BCUT2D eigenvalue weighted by molar-refractivity contribution is -0.117. The second kappa shape index (κ2) is 4.58. The zero-order chi connectivity index (χ0) is 10.8. The van der Waals surface area contributed by atoms with Gasteiger partial charge >= 0.3 is 0 Å². The van der Waals surface area contributed by atoms with Crippen LogP contribution in [-0.2, 0) is 4.79 Å². The molecule has 1 heterocycles. The van der Waals surface area contributed by atoms with E-state index in [1.54, 1.807) is 0 Å². The van der Waals surface area contributed by atoms with E-state index in [4.69, 9.17) is 0 Å². The highest BCUT2D eigenvalue weighted by atomic mass is 79.9. The first-order valence-electron chi connectivity index (χ1n) is 4.87. The summed E-state index contributed by atoms with van der Waals surface area (Å²) in [5.74, 6) is 1.36. The highest BCUT2D eigenvalue weighted by Gasteiger charge is 2.29. The number of amides is 1. The monoisotopic (exact) mass is 285 g/mol. The molecule has 0 aromatic heterocycles.